The minimum atomic E-state index is -0.538. The van der Waals surface area contributed by atoms with Crippen LogP contribution in [0, 0.1) is 0 Å². The Kier molecular flexibility index (Phi) is 6.35. The predicted molar refractivity (Wildman–Crippen MR) is 145 cm³/mol. The molecule has 1 aliphatic rings. The smallest absolute Gasteiger partial charge is 0.408 e. The van der Waals surface area contributed by atoms with Gasteiger partial charge in [0.05, 0.1) is 11.2 Å². The van der Waals surface area contributed by atoms with E-state index in [1.165, 1.54) is 0 Å². The van der Waals surface area contributed by atoms with E-state index < -0.39 is 11.1 Å². The molecule has 0 atom stereocenters. The van der Waals surface area contributed by atoms with Crippen LogP contribution in [0.3, 0.4) is 0 Å². The molecule has 0 unspecified atom stereocenters. The van der Waals surface area contributed by atoms with Crippen molar-refractivity contribution in [2.24, 2.45) is 0 Å². The molecule has 37 heavy (non-hydrogen) atoms. The lowest BCUT2D eigenvalue weighted by atomic mass is 9.71. The molecule has 5 rings (SSSR count). The molecule has 2 aromatic carbocycles. The van der Waals surface area contributed by atoms with Gasteiger partial charge in [0.15, 0.2) is 0 Å². The molecule has 2 aromatic heterocycles. The van der Waals surface area contributed by atoms with Crippen molar-refractivity contribution in [2.75, 3.05) is 5.32 Å². The summed E-state index contributed by atoms with van der Waals surface area (Å²) in [6, 6.07) is 18.7. The summed E-state index contributed by atoms with van der Waals surface area (Å²) in [4.78, 5) is 22.1. The first kappa shape index (κ1) is 24.7. The van der Waals surface area contributed by atoms with Crippen molar-refractivity contribution in [2.45, 2.75) is 71.1 Å². The molecule has 1 aliphatic carbocycles. The van der Waals surface area contributed by atoms with Gasteiger partial charge in [0.2, 0.25) is 5.95 Å². The highest BCUT2D eigenvalue weighted by Gasteiger charge is 2.41. The van der Waals surface area contributed by atoms with Gasteiger partial charge in [0, 0.05) is 23.4 Å². The average Bonchev–Trinajstić information content (AvgIpc) is 3.20. The summed E-state index contributed by atoms with van der Waals surface area (Å²) in [6.07, 6.45) is 4.43. The van der Waals surface area contributed by atoms with Crippen LogP contribution in [-0.4, -0.2) is 37.3 Å². The maximum absolute atomic E-state index is 12.6. The molecule has 0 spiro atoms. The van der Waals surface area contributed by atoms with Gasteiger partial charge in [-0.05, 0) is 65.0 Å². The number of carbonyl (C=O) groups is 1. The number of anilines is 1. The van der Waals surface area contributed by atoms with Crippen molar-refractivity contribution in [3.05, 3.63) is 66.4 Å². The van der Waals surface area contributed by atoms with Crippen LogP contribution in [-0.2, 0) is 10.3 Å². The average molecular weight is 499 g/mol. The van der Waals surface area contributed by atoms with Crippen molar-refractivity contribution < 1.29 is 9.53 Å². The SMILES string of the molecule is CC(C)Nc1nc2nc(-c3ccc(C4(NC(=O)OC(C)(C)C)CCC4)cc3)c(-c3ccccc3)cn2n1. The number of fused-ring (bicyclic) bond motifs is 1. The van der Waals surface area contributed by atoms with Gasteiger partial charge in [0.25, 0.3) is 5.78 Å². The van der Waals surface area contributed by atoms with Crippen LogP contribution in [0.4, 0.5) is 10.7 Å². The summed E-state index contributed by atoms with van der Waals surface area (Å²) in [6.45, 7) is 9.72. The van der Waals surface area contributed by atoms with E-state index in [-0.39, 0.29) is 12.1 Å². The quantitative estimate of drug-likeness (QED) is 0.330. The number of carbonyl (C=O) groups excluding carboxylic acids is 1. The molecular formula is C29H34N6O2. The molecule has 8 nitrogen and oxygen atoms in total. The predicted octanol–water partition coefficient (Wildman–Crippen LogP) is 6.18. The highest BCUT2D eigenvalue weighted by molar-refractivity contribution is 5.81. The Bertz CT molecular complexity index is 1400. The highest BCUT2D eigenvalue weighted by atomic mass is 16.6. The van der Waals surface area contributed by atoms with E-state index in [0.29, 0.717) is 11.7 Å². The lowest BCUT2D eigenvalue weighted by molar-refractivity contribution is 0.0377. The Hall–Kier alpha value is -3.94. The van der Waals surface area contributed by atoms with Crippen LogP contribution in [0.2, 0.25) is 0 Å². The first-order chi connectivity index (χ1) is 17.6. The van der Waals surface area contributed by atoms with Crippen LogP contribution in [0.1, 0.15) is 59.4 Å². The van der Waals surface area contributed by atoms with Gasteiger partial charge in [-0.1, -0.05) is 54.6 Å². The van der Waals surface area contributed by atoms with Gasteiger partial charge in [-0.15, -0.1) is 5.10 Å². The summed E-state index contributed by atoms with van der Waals surface area (Å²) in [7, 11) is 0. The molecular weight excluding hydrogens is 464 g/mol. The molecule has 1 saturated carbocycles. The summed E-state index contributed by atoms with van der Waals surface area (Å²) in [5.74, 6) is 1.08. The molecule has 4 aromatic rings. The van der Waals surface area contributed by atoms with Gasteiger partial charge in [-0.25, -0.2) is 14.3 Å². The summed E-state index contributed by atoms with van der Waals surface area (Å²) >= 11 is 0. The monoisotopic (exact) mass is 498 g/mol. The summed E-state index contributed by atoms with van der Waals surface area (Å²) in [5, 5.41) is 11.0. The van der Waals surface area contributed by atoms with E-state index in [2.05, 4.69) is 57.1 Å². The molecule has 0 bridgehead atoms. The zero-order valence-corrected chi connectivity index (χ0v) is 22.1. The molecule has 192 valence electrons. The number of aromatic nitrogens is 4. The number of hydrogen-bond acceptors (Lipinski definition) is 6. The molecule has 0 radical (unpaired) electrons. The molecule has 0 saturated heterocycles. The molecule has 1 amide bonds. The normalized spacial score (nSPS) is 14.9. The maximum Gasteiger partial charge on any atom is 0.408 e. The summed E-state index contributed by atoms with van der Waals surface area (Å²) in [5.41, 5.74) is 3.95. The van der Waals surface area contributed by atoms with E-state index in [4.69, 9.17) is 9.72 Å². The van der Waals surface area contributed by atoms with Crippen molar-refractivity contribution in [3.63, 3.8) is 0 Å². The molecule has 0 aliphatic heterocycles. The number of rotatable bonds is 6. The lowest BCUT2D eigenvalue weighted by Crippen LogP contribution is -2.52. The number of nitrogens with zero attached hydrogens (tertiary/aromatic N) is 4. The van der Waals surface area contributed by atoms with E-state index in [1.807, 2.05) is 59.0 Å². The fourth-order valence-electron chi connectivity index (χ4n) is 4.65. The van der Waals surface area contributed by atoms with Crippen molar-refractivity contribution in [1.82, 2.24) is 24.9 Å². The number of amides is 1. The van der Waals surface area contributed by atoms with Crippen LogP contribution in [0.5, 0.6) is 0 Å². The minimum absolute atomic E-state index is 0.214. The topological polar surface area (TPSA) is 93.4 Å². The first-order valence-electron chi connectivity index (χ1n) is 12.8. The minimum Gasteiger partial charge on any atom is -0.444 e. The van der Waals surface area contributed by atoms with Gasteiger partial charge >= 0.3 is 6.09 Å². The van der Waals surface area contributed by atoms with E-state index in [1.54, 1.807) is 4.52 Å². The lowest BCUT2D eigenvalue weighted by Gasteiger charge is -2.43. The molecule has 1 fully saturated rings. The Labute approximate surface area is 217 Å². The molecule has 2 heterocycles. The number of benzene rings is 2. The van der Waals surface area contributed by atoms with Gasteiger partial charge in [0.1, 0.15) is 5.60 Å². The second kappa shape index (κ2) is 9.50. The molecule has 2 N–H and O–H groups in total. The zero-order valence-electron chi connectivity index (χ0n) is 22.1. The maximum atomic E-state index is 12.6. The first-order valence-corrected chi connectivity index (χ1v) is 12.8. The Morgan fingerprint density at radius 2 is 1.70 bits per heavy atom. The Balaban J connectivity index is 1.51. The Morgan fingerprint density at radius 1 is 1.00 bits per heavy atom. The van der Waals surface area contributed by atoms with E-state index in [9.17, 15) is 4.79 Å². The van der Waals surface area contributed by atoms with Gasteiger partial charge < -0.3 is 15.4 Å². The largest absolute Gasteiger partial charge is 0.444 e. The zero-order chi connectivity index (χ0) is 26.2. The fourth-order valence-corrected chi connectivity index (χ4v) is 4.65. The third kappa shape index (κ3) is 5.28. The second-order valence-corrected chi connectivity index (χ2v) is 11.0. The number of ether oxygens (including phenoxy) is 1. The Morgan fingerprint density at radius 3 is 2.30 bits per heavy atom. The standard InChI is InChI=1S/C29H34N6O2/c1-19(2)30-25-32-26-31-24(23(18-35(26)34-25)20-10-7-6-8-11-20)21-12-14-22(15-13-21)29(16-9-17-29)33-27(36)37-28(3,4)5/h6-8,10-15,18-19H,9,16-17H2,1-5H3,(H,30,34)(H,33,36). The molecule has 8 heteroatoms. The van der Waals surface area contributed by atoms with Crippen LogP contribution in [0.25, 0.3) is 28.2 Å². The summed E-state index contributed by atoms with van der Waals surface area (Å²) < 4.78 is 7.26. The third-order valence-electron chi connectivity index (χ3n) is 6.49. The van der Waals surface area contributed by atoms with Crippen LogP contribution >= 0.6 is 0 Å². The third-order valence-corrected chi connectivity index (χ3v) is 6.49. The highest BCUT2D eigenvalue weighted by Crippen LogP contribution is 2.42. The van der Waals surface area contributed by atoms with E-state index in [0.717, 1.165) is 47.2 Å². The van der Waals surface area contributed by atoms with Crippen molar-refractivity contribution >= 4 is 17.8 Å². The van der Waals surface area contributed by atoms with Crippen LogP contribution < -0.4 is 10.6 Å². The second-order valence-electron chi connectivity index (χ2n) is 11.0. The van der Waals surface area contributed by atoms with Crippen LogP contribution in [0.15, 0.2) is 60.8 Å². The van der Waals surface area contributed by atoms with Gasteiger partial charge in [-0.2, -0.15) is 4.98 Å². The number of nitrogens with one attached hydrogen (secondary N) is 2. The fraction of sp³-hybridized carbons (Fsp3) is 0.379. The van der Waals surface area contributed by atoms with Gasteiger partial charge in [-0.3, -0.25) is 0 Å². The van der Waals surface area contributed by atoms with Crippen molar-refractivity contribution in [3.8, 4) is 22.4 Å². The van der Waals surface area contributed by atoms with Crippen molar-refractivity contribution in [1.29, 1.82) is 0 Å². The van der Waals surface area contributed by atoms with E-state index >= 15 is 0 Å². The number of hydrogen-bond donors (Lipinski definition) is 2. The number of alkyl carbamates (subject to hydrolysis) is 1.